The second kappa shape index (κ2) is 25.8. The standard InChI is InChI=1S/C48H66N5O21P3S4/c1-9-51-36-21-19-32(80(64,65)66)24-34(36)47(5,6)40(51)16-12-10-13-17-41-48(7,8)35-25-33(81(67,68)69)20-22-37(35)52(41)23-15-11-14-18-42(54)49-29-46(3,4)79-78-30-70-38-26-43(53-27-31(2)44(55)50-45(53)56)72-39(38)28-71-76(60,61)74-77(62,63)73-75(57,58)59/h10,12-13,16-17,19-22,24-25,27,38-39,43H,9,11,14-15,18,23,26,28-30H2,1-8H3,(H7-,49,50,54,55,56,57,58,59,60,61,62,63,64,65,66,67,68,69)/p+1/t38?,39-,43-/m1/s1. The molecule has 81 heavy (non-hydrogen) atoms. The summed E-state index contributed by atoms with van der Waals surface area (Å²) in [5, 5.41) is 2.97. The molecule has 1 amide bonds. The summed E-state index contributed by atoms with van der Waals surface area (Å²) in [7, 11) is -23.3. The van der Waals surface area contributed by atoms with E-state index in [1.807, 2.05) is 78.8 Å². The quantitative estimate of drug-likeness (QED) is 0.00721. The topological polar surface area (TPSA) is 377 Å². The summed E-state index contributed by atoms with van der Waals surface area (Å²) < 4.78 is 130. The van der Waals surface area contributed by atoms with Crippen LogP contribution in [0.5, 0.6) is 0 Å². The first-order chi connectivity index (χ1) is 37.4. The van der Waals surface area contributed by atoms with Gasteiger partial charge in [0.05, 0.1) is 27.9 Å². The zero-order valence-electron chi connectivity index (χ0n) is 45.4. The second-order valence-electron chi connectivity index (χ2n) is 20.7. The number of carbonyl (C=O) groups excluding carboxylic acids is 1. The molecule has 3 aromatic rings. The van der Waals surface area contributed by atoms with Gasteiger partial charge in [0.25, 0.3) is 25.8 Å². The summed E-state index contributed by atoms with van der Waals surface area (Å²) in [6.45, 7) is 15.6. The number of aromatic nitrogens is 2. The molecule has 26 nitrogen and oxygen atoms in total. The van der Waals surface area contributed by atoms with Gasteiger partial charge in [-0.05, 0) is 96.4 Å². The summed E-state index contributed by atoms with van der Waals surface area (Å²) in [6.07, 6.45) is 9.52. The number of nitrogens with zero attached hydrogens (tertiary/aromatic N) is 3. The Morgan fingerprint density at radius 2 is 1.57 bits per heavy atom. The lowest BCUT2D eigenvalue weighted by atomic mass is 9.81. The lowest BCUT2D eigenvalue weighted by molar-refractivity contribution is -0.438. The number of rotatable bonds is 27. The summed E-state index contributed by atoms with van der Waals surface area (Å²) in [6, 6.07) is 9.09. The molecule has 0 spiro atoms. The SMILES string of the molecule is CCN1/C(=C/C=C/C=C/C2=[N+](CCCCCC(=O)NCC(C)(C)SSCOC3C[C@H](n4cc(C)c(=O)[nH]c4=O)O[C@@H]3COP(=O)(O)OP(=O)(O)OP(=O)(O)O)c3ccc(S(=O)(=O)O)cc3C2(C)C)C(C)(C)c2cc(S(=O)(=O)O)ccc21. The molecular weight excluding hydrogens is 1200 g/mol. The van der Waals surface area contributed by atoms with Gasteiger partial charge in [-0.3, -0.25) is 32.8 Å². The van der Waals surface area contributed by atoms with E-state index >= 15 is 0 Å². The number of nitrogens with one attached hydrogen (secondary N) is 2. The second-order valence-corrected chi connectivity index (χ2v) is 31.0. The van der Waals surface area contributed by atoms with Gasteiger partial charge in [-0.15, -0.1) is 0 Å². The van der Waals surface area contributed by atoms with Crippen LogP contribution in [-0.2, 0) is 72.2 Å². The molecule has 6 rings (SSSR count). The van der Waals surface area contributed by atoms with Crippen molar-refractivity contribution in [3.05, 3.63) is 116 Å². The molecule has 1 saturated heterocycles. The van der Waals surface area contributed by atoms with Crippen LogP contribution in [0, 0.1) is 6.92 Å². The lowest BCUT2D eigenvalue weighted by Gasteiger charge is -2.25. The monoisotopic (exact) mass is 1270 g/mol. The molecule has 1 aromatic heterocycles. The number of likely N-dealkylation sites (N-methyl/N-ethyl adjacent to an activating group) is 1. The molecule has 3 aliphatic heterocycles. The largest absolute Gasteiger partial charge is 0.490 e. The number of aryl methyl sites for hydroxylation is 1. The number of hydrogen-bond donors (Lipinski definition) is 8. The number of fused-ring (bicyclic) bond motifs is 2. The van der Waals surface area contributed by atoms with Crippen molar-refractivity contribution in [2.45, 2.75) is 131 Å². The van der Waals surface area contributed by atoms with E-state index in [0.717, 1.165) is 32.9 Å². The first-order valence-electron chi connectivity index (χ1n) is 25.0. The van der Waals surface area contributed by atoms with Crippen molar-refractivity contribution in [3.63, 3.8) is 0 Å². The summed E-state index contributed by atoms with van der Waals surface area (Å²) in [4.78, 5) is 78.9. The fraction of sp³-hybridized carbons (Fsp3) is 0.500. The molecule has 8 N–H and O–H groups in total. The average Bonchev–Trinajstić information content (AvgIpc) is 4.17. The average molecular weight is 1270 g/mol. The van der Waals surface area contributed by atoms with E-state index in [4.69, 9.17) is 23.8 Å². The molecule has 2 aromatic carbocycles. The number of aromatic amines is 1. The highest BCUT2D eigenvalue weighted by atomic mass is 33.1. The molecule has 0 bridgehead atoms. The number of unbranched alkanes of at least 4 members (excludes halogenated alkanes) is 2. The smallest absolute Gasteiger partial charge is 0.364 e. The minimum atomic E-state index is -5.81. The normalized spacial score (nSPS) is 21.2. The highest BCUT2D eigenvalue weighted by Crippen LogP contribution is 2.66. The van der Waals surface area contributed by atoms with Crippen molar-refractivity contribution >= 4 is 88.3 Å². The predicted molar refractivity (Wildman–Crippen MR) is 303 cm³/mol. The number of anilines is 1. The maximum absolute atomic E-state index is 13.1. The van der Waals surface area contributed by atoms with Crippen molar-refractivity contribution < 1.29 is 91.2 Å². The molecule has 5 atom stereocenters. The van der Waals surface area contributed by atoms with Crippen molar-refractivity contribution in [2.75, 3.05) is 37.1 Å². The predicted octanol–water partition coefficient (Wildman–Crippen LogP) is 7.04. The Labute approximate surface area is 476 Å². The molecule has 33 heteroatoms. The maximum Gasteiger partial charge on any atom is 0.490 e. The Hall–Kier alpha value is -3.87. The molecule has 4 heterocycles. The van der Waals surface area contributed by atoms with Crippen molar-refractivity contribution in [3.8, 4) is 0 Å². The van der Waals surface area contributed by atoms with Gasteiger partial charge in [0.1, 0.15) is 24.8 Å². The van der Waals surface area contributed by atoms with Gasteiger partial charge in [-0.1, -0.05) is 53.7 Å². The fourth-order valence-corrected chi connectivity index (χ4v) is 15.7. The third-order valence-electron chi connectivity index (χ3n) is 13.4. The molecule has 448 valence electrons. The molecule has 0 saturated carbocycles. The summed E-state index contributed by atoms with van der Waals surface area (Å²) >= 11 is 0. The van der Waals surface area contributed by atoms with Gasteiger partial charge in [0, 0.05) is 83.4 Å². The number of carbonyl (C=O) groups is 1. The van der Waals surface area contributed by atoms with E-state index in [9.17, 15) is 63.8 Å². The Balaban J connectivity index is 1.03. The third kappa shape index (κ3) is 17.2. The molecule has 0 aliphatic carbocycles. The van der Waals surface area contributed by atoms with Crippen LogP contribution in [0.15, 0.2) is 98.1 Å². The molecule has 1 fully saturated rings. The number of allylic oxidation sites excluding steroid dienone is 6. The minimum Gasteiger partial charge on any atom is -0.364 e. The zero-order chi connectivity index (χ0) is 60.3. The minimum absolute atomic E-state index is 0.0310. The van der Waals surface area contributed by atoms with Crippen LogP contribution >= 0.6 is 45.1 Å². The molecular formula is C48H67N5O21P3S4+. The van der Waals surface area contributed by atoms with E-state index < -0.39 is 95.6 Å². The van der Waals surface area contributed by atoms with Crippen LogP contribution in [0.4, 0.5) is 11.4 Å². The van der Waals surface area contributed by atoms with Crippen molar-refractivity contribution in [2.24, 2.45) is 0 Å². The Morgan fingerprint density at radius 3 is 2.21 bits per heavy atom. The van der Waals surface area contributed by atoms with Crippen LogP contribution in [-0.4, -0.2) is 120 Å². The highest BCUT2D eigenvalue weighted by molar-refractivity contribution is 8.77. The first kappa shape index (κ1) is 66.3. The van der Waals surface area contributed by atoms with Crippen LogP contribution in [0.2, 0.25) is 0 Å². The zero-order valence-corrected chi connectivity index (χ0v) is 51.3. The van der Waals surface area contributed by atoms with Gasteiger partial charge >= 0.3 is 29.2 Å². The fourth-order valence-electron chi connectivity index (χ4n) is 9.50. The van der Waals surface area contributed by atoms with Gasteiger partial charge in [-0.25, -0.2) is 18.5 Å². The first-order valence-corrected chi connectivity index (χ1v) is 34.7. The van der Waals surface area contributed by atoms with Crippen LogP contribution < -0.4 is 21.5 Å². The summed E-state index contributed by atoms with van der Waals surface area (Å²) in [5.74, 6) is -0.209. The van der Waals surface area contributed by atoms with Gasteiger partial charge in [0.2, 0.25) is 11.6 Å². The third-order valence-corrected chi connectivity index (χ3v) is 21.9. The number of benzene rings is 2. The van der Waals surface area contributed by atoms with E-state index in [-0.39, 0.29) is 46.6 Å². The Kier molecular flexibility index (Phi) is 21.1. The van der Waals surface area contributed by atoms with Gasteiger partial charge in [0.15, 0.2) is 5.71 Å². The lowest BCUT2D eigenvalue weighted by Crippen LogP contribution is -2.35. The number of H-pyrrole nitrogens is 1. The van der Waals surface area contributed by atoms with Gasteiger partial charge in [-0.2, -0.15) is 30.0 Å². The number of hydrogen-bond acceptors (Lipinski definition) is 18. The van der Waals surface area contributed by atoms with Crippen molar-refractivity contribution in [1.29, 1.82) is 0 Å². The van der Waals surface area contributed by atoms with Crippen LogP contribution in [0.1, 0.15) is 103 Å². The van der Waals surface area contributed by atoms with E-state index in [1.165, 1.54) is 59.0 Å². The Morgan fingerprint density at radius 1 is 0.914 bits per heavy atom. The van der Waals surface area contributed by atoms with Gasteiger partial charge < -0.3 is 39.3 Å². The number of amides is 1. The number of ether oxygens (including phenoxy) is 2. The number of phosphoric acid groups is 3. The maximum atomic E-state index is 13.1. The van der Waals surface area contributed by atoms with Crippen LogP contribution in [0.25, 0.3) is 0 Å². The Bertz CT molecular complexity index is 3520. The van der Waals surface area contributed by atoms with E-state index in [1.54, 1.807) is 12.1 Å². The van der Waals surface area contributed by atoms with Crippen molar-refractivity contribution in [1.82, 2.24) is 14.9 Å². The van der Waals surface area contributed by atoms with Crippen LogP contribution in [0.3, 0.4) is 0 Å². The van der Waals surface area contributed by atoms with E-state index in [0.29, 0.717) is 37.9 Å². The van der Waals surface area contributed by atoms with E-state index in [2.05, 4.69) is 28.4 Å². The summed E-state index contributed by atoms with van der Waals surface area (Å²) in [5.41, 5.74) is 2.27. The number of phosphoric ester groups is 1. The molecule has 3 unspecified atom stereocenters. The molecule has 3 aliphatic rings. The molecule has 0 radical (unpaired) electrons. The highest BCUT2D eigenvalue weighted by Gasteiger charge is 2.46.